The highest BCUT2D eigenvalue weighted by Crippen LogP contribution is 2.39. The third-order valence-corrected chi connectivity index (χ3v) is 13.5. The molecule has 6 rings (SSSR count). The van der Waals surface area contributed by atoms with Gasteiger partial charge in [-0.2, -0.15) is 4.31 Å². The van der Waals surface area contributed by atoms with Crippen LogP contribution in [0.25, 0.3) is 0 Å². The Labute approximate surface area is 305 Å². The van der Waals surface area contributed by atoms with Gasteiger partial charge in [0.15, 0.2) is 9.79 Å². The minimum Gasteiger partial charge on any atom is -0.258 e. The predicted octanol–water partition coefficient (Wildman–Crippen LogP) is 7.93. The van der Waals surface area contributed by atoms with Crippen molar-refractivity contribution in [1.29, 1.82) is 0 Å². The van der Waals surface area contributed by atoms with Gasteiger partial charge in [0.2, 0.25) is 20.0 Å². The first-order valence-corrected chi connectivity index (χ1v) is 20.5. The monoisotopic (exact) mass is 748 g/mol. The van der Waals surface area contributed by atoms with Gasteiger partial charge in [-0.3, -0.25) is 20.2 Å². The summed E-state index contributed by atoms with van der Waals surface area (Å²) in [6.07, 6.45) is 7.28. The lowest BCUT2D eigenvalue weighted by Crippen LogP contribution is -2.45. The molecule has 0 bridgehead atoms. The number of nitrogens with one attached hydrogen (secondary N) is 1. The quantitative estimate of drug-likeness (QED) is 0.119. The molecule has 0 aromatic heterocycles. The highest BCUT2D eigenvalue weighted by atomic mass is 32.2. The van der Waals surface area contributed by atoms with E-state index in [0.717, 1.165) is 62.5 Å². The van der Waals surface area contributed by atoms with E-state index in [-0.39, 0.29) is 45.9 Å². The first kappa shape index (κ1) is 38.7. The average molecular weight is 749 g/mol. The van der Waals surface area contributed by atoms with Crippen molar-refractivity contribution in [2.45, 2.75) is 92.0 Å². The van der Waals surface area contributed by atoms with Gasteiger partial charge in [-0.25, -0.2) is 21.6 Å². The summed E-state index contributed by atoms with van der Waals surface area (Å²) >= 11 is 0. The zero-order valence-electron chi connectivity index (χ0n) is 29.0. The summed E-state index contributed by atoms with van der Waals surface area (Å²) in [6.45, 7) is 2.07. The molecule has 4 aromatic carbocycles. The third-order valence-electron chi connectivity index (χ3n) is 9.94. The van der Waals surface area contributed by atoms with E-state index in [9.17, 15) is 37.1 Å². The number of benzene rings is 4. The predicted molar refractivity (Wildman–Crippen MR) is 199 cm³/mol. The van der Waals surface area contributed by atoms with Gasteiger partial charge < -0.3 is 0 Å². The van der Waals surface area contributed by atoms with E-state index < -0.39 is 35.6 Å². The summed E-state index contributed by atoms with van der Waals surface area (Å²) in [6, 6.07) is 30.4. The second-order valence-electron chi connectivity index (χ2n) is 13.1. The molecule has 12 nitrogen and oxygen atoms in total. The molecule has 2 aliphatic carbocycles. The normalized spacial score (nSPS) is 20.7. The SMILES string of the molecule is CCN([C@H]1CCCC[C@@H]1c1ccccc1)S(=O)(=O)c1ccccc1[N+](=O)[O-].O=[N+]([O-])c1ccccc1S(=O)(=O)N[C@H]1CCCC[C@@H]1c1ccccc1. The van der Waals surface area contributed by atoms with E-state index in [1.807, 2.05) is 60.7 Å². The molecular weight excluding hydrogens is 705 g/mol. The molecular formula is C38H44N4O8S2. The minimum absolute atomic E-state index is 0.0764. The topological polar surface area (TPSA) is 170 Å². The highest BCUT2D eigenvalue weighted by Gasteiger charge is 2.40. The van der Waals surface area contributed by atoms with Crippen LogP contribution in [0.3, 0.4) is 0 Å². The second-order valence-corrected chi connectivity index (χ2v) is 16.6. The van der Waals surface area contributed by atoms with E-state index in [0.29, 0.717) is 0 Å². The number of nitrogens with zero attached hydrogens (tertiary/aromatic N) is 3. The maximum atomic E-state index is 13.4. The van der Waals surface area contributed by atoms with Gasteiger partial charge in [0, 0.05) is 42.6 Å². The van der Waals surface area contributed by atoms with E-state index in [2.05, 4.69) is 4.72 Å². The van der Waals surface area contributed by atoms with Crippen LogP contribution >= 0.6 is 0 Å². The molecule has 0 saturated heterocycles. The third kappa shape index (κ3) is 8.92. The Kier molecular flexibility index (Phi) is 12.9. The van der Waals surface area contributed by atoms with Crippen LogP contribution in [-0.4, -0.2) is 49.6 Å². The zero-order valence-corrected chi connectivity index (χ0v) is 30.6. The molecule has 52 heavy (non-hydrogen) atoms. The van der Waals surface area contributed by atoms with Gasteiger partial charge in [0.05, 0.1) is 9.85 Å². The average Bonchev–Trinajstić information content (AvgIpc) is 3.16. The fourth-order valence-electron chi connectivity index (χ4n) is 7.55. The summed E-state index contributed by atoms with van der Waals surface area (Å²) in [5.41, 5.74) is 1.45. The summed E-state index contributed by atoms with van der Waals surface area (Å²) in [5.74, 6) is 0.171. The van der Waals surface area contributed by atoms with Crippen LogP contribution in [0.15, 0.2) is 119 Å². The number of nitro groups is 2. The van der Waals surface area contributed by atoms with Crippen molar-refractivity contribution in [1.82, 2.24) is 9.03 Å². The first-order chi connectivity index (χ1) is 25.0. The molecule has 2 fully saturated rings. The molecule has 14 heteroatoms. The molecule has 0 spiro atoms. The maximum absolute atomic E-state index is 13.4. The van der Waals surface area contributed by atoms with Gasteiger partial charge >= 0.3 is 0 Å². The van der Waals surface area contributed by atoms with E-state index in [4.69, 9.17) is 0 Å². The number of hydrogen-bond donors (Lipinski definition) is 1. The molecule has 0 amide bonds. The first-order valence-electron chi connectivity index (χ1n) is 17.6. The van der Waals surface area contributed by atoms with Gasteiger partial charge in [-0.05, 0) is 48.9 Å². The van der Waals surface area contributed by atoms with E-state index >= 15 is 0 Å². The lowest BCUT2D eigenvalue weighted by Gasteiger charge is -2.39. The summed E-state index contributed by atoms with van der Waals surface area (Å²) in [5, 5.41) is 22.5. The van der Waals surface area contributed by atoms with Crippen molar-refractivity contribution in [3.05, 3.63) is 141 Å². The smallest absolute Gasteiger partial charge is 0.258 e. The molecule has 2 saturated carbocycles. The molecule has 0 radical (unpaired) electrons. The van der Waals surface area contributed by atoms with Gasteiger partial charge in [0.25, 0.3) is 11.4 Å². The molecule has 0 unspecified atom stereocenters. The summed E-state index contributed by atoms with van der Waals surface area (Å²) in [4.78, 5) is 20.7. The van der Waals surface area contributed by atoms with E-state index in [1.165, 1.54) is 52.8 Å². The number of para-hydroxylation sites is 2. The largest absolute Gasteiger partial charge is 0.289 e. The number of likely N-dealkylation sites (N-methyl/N-ethyl adjacent to an activating group) is 1. The minimum atomic E-state index is -3.98. The van der Waals surface area contributed by atoms with Crippen LogP contribution in [0.4, 0.5) is 11.4 Å². The van der Waals surface area contributed by atoms with Crippen LogP contribution in [0, 0.1) is 20.2 Å². The molecule has 4 aromatic rings. The summed E-state index contributed by atoms with van der Waals surface area (Å²) < 4.78 is 56.5. The Morgan fingerprint density at radius 3 is 1.62 bits per heavy atom. The fraction of sp³-hybridized carbons (Fsp3) is 0.368. The van der Waals surface area contributed by atoms with E-state index in [1.54, 1.807) is 6.92 Å². The van der Waals surface area contributed by atoms with Gasteiger partial charge in [0.1, 0.15) is 0 Å². The lowest BCUT2D eigenvalue weighted by atomic mass is 9.80. The maximum Gasteiger partial charge on any atom is 0.289 e. The number of sulfonamides is 2. The second kappa shape index (κ2) is 17.3. The number of nitro benzene ring substituents is 2. The molecule has 276 valence electrons. The highest BCUT2D eigenvalue weighted by molar-refractivity contribution is 7.89. The van der Waals surface area contributed by atoms with Gasteiger partial charge in [-0.1, -0.05) is 118 Å². The molecule has 0 aliphatic heterocycles. The van der Waals surface area contributed by atoms with Crippen molar-refractivity contribution in [2.75, 3.05) is 6.54 Å². The Morgan fingerprint density at radius 2 is 1.06 bits per heavy atom. The van der Waals surface area contributed by atoms with Crippen LogP contribution < -0.4 is 4.72 Å². The number of rotatable bonds is 11. The van der Waals surface area contributed by atoms with Crippen molar-refractivity contribution in [3.8, 4) is 0 Å². The van der Waals surface area contributed by atoms with Crippen molar-refractivity contribution < 1.29 is 26.7 Å². The van der Waals surface area contributed by atoms with Crippen LogP contribution in [0.2, 0.25) is 0 Å². The Hall–Kier alpha value is -4.50. The Balaban J connectivity index is 0.000000202. The zero-order chi connectivity index (χ0) is 37.3. The fourth-order valence-corrected chi connectivity index (χ4v) is 10.9. The van der Waals surface area contributed by atoms with Crippen molar-refractivity contribution in [2.24, 2.45) is 0 Å². The molecule has 4 atom stereocenters. The molecule has 2 aliphatic rings. The lowest BCUT2D eigenvalue weighted by molar-refractivity contribution is -0.388. The Morgan fingerprint density at radius 1 is 0.615 bits per heavy atom. The van der Waals surface area contributed by atoms with Crippen LogP contribution in [0.5, 0.6) is 0 Å². The van der Waals surface area contributed by atoms with Crippen molar-refractivity contribution in [3.63, 3.8) is 0 Å². The Bertz CT molecular complexity index is 2050. The molecule has 1 N–H and O–H groups in total. The molecule has 0 heterocycles. The van der Waals surface area contributed by atoms with Gasteiger partial charge in [-0.15, -0.1) is 0 Å². The van der Waals surface area contributed by atoms with Crippen LogP contribution in [-0.2, 0) is 20.0 Å². The van der Waals surface area contributed by atoms with Crippen LogP contribution in [0.1, 0.15) is 81.3 Å². The van der Waals surface area contributed by atoms with Crippen molar-refractivity contribution >= 4 is 31.4 Å². The number of hydrogen-bond acceptors (Lipinski definition) is 8. The summed E-state index contributed by atoms with van der Waals surface area (Å²) in [7, 11) is -7.94. The standard InChI is InChI=1S/C20H24N2O4S.C18H20N2O4S/c1-2-21(27(25,26)20-15-9-8-14-19(20)22(23)24)18-13-7-6-12-17(18)16-10-4-3-5-11-16;21-20(22)17-12-6-7-13-18(17)25(23,24)19-16-11-5-4-10-15(16)14-8-2-1-3-9-14/h3-5,8-11,14-15,17-18H,2,6-7,12-13H2,1H3;1-3,6-9,12-13,15-16,19H,4-5,10-11H2/t17-,18+;15-,16+/m11/s1.